The fraction of sp³-hybridized carbons (Fsp3) is 0.429. The first-order valence-electron chi connectivity index (χ1n) is 6.38. The maximum absolute atomic E-state index is 11.8. The quantitative estimate of drug-likeness (QED) is 0.850. The lowest BCUT2D eigenvalue weighted by Crippen LogP contribution is -2.36. The van der Waals surface area contributed by atoms with Crippen molar-refractivity contribution in [3.8, 4) is 0 Å². The highest BCUT2D eigenvalue weighted by Crippen LogP contribution is 2.12. The predicted octanol–water partition coefficient (Wildman–Crippen LogP) is 2.83. The number of benzene rings is 1. The Labute approximate surface area is 113 Å². The van der Waals surface area contributed by atoms with Gasteiger partial charge in [0.2, 0.25) is 5.91 Å². The van der Waals surface area contributed by atoms with E-state index in [1.54, 1.807) is 0 Å². The standard InChI is InChI=1S/C14H18N2OS/c17-13(15-12-7-3-1-4-8-12)11-14(18)16-9-5-2-6-10-16/h1,3-4,7-8H,2,5-6,9-11H2,(H,15,17). The van der Waals surface area contributed by atoms with Crippen LogP contribution in [0.1, 0.15) is 25.7 Å². The Hall–Kier alpha value is -1.42. The van der Waals surface area contributed by atoms with Crippen LogP contribution in [-0.2, 0) is 4.79 Å². The van der Waals surface area contributed by atoms with Gasteiger partial charge in [0, 0.05) is 18.8 Å². The van der Waals surface area contributed by atoms with Crippen LogP contribution in [0.2, 0.25) is 0 Å². The van der Waals surface area contributed by atoms with Gasteiger partial charge in [0.1, 0.15) is 0 Å². The molecule has 1 amide bonds. The van der Waals surface area contributed by atoms with Crippen LogP contribution in [0.25, 0.3) is 0 Å². The number of amides is 1. The first kappa shape index (κ1) is 13.0. The molecule has 1 aromatic rings. The first-order valence-corrected chi connectivity index (χ1v) is 6.79. The molecule has 0 bridgehead atoms. The number of piperidine rings is 1. The molecule has 2 rings (SSSR count). The van der Waals surface area contributed by atoms with Crippen molar-refractivity contribution < 1.29 is 4.79 Å². The number of carbonyl (C=O) groups excluding carboxylic acids is 1. The molecule has 1 heterocycles. The third-order valence-corrected chi connectivity index (χ3v) is 3.48. The molecule has 3 nitrogen and oxygen atoms in total. The van der Waals surface area contributed by atoms with Crippen molar-refractivity contribution in [2.45, 2.75) is 25.7 Å². The van der Waals surface area contributed by atoms with E-state index in [2.05, 4.69) is 10.2 Å². The van der Waals surface area contributed by atoms with Crippen LogP contribution in [-0.4, -0.2) is 28.9 Å². The van der Waals surface area contributed by atoms with Gasteiger partial charge in [-0.25, -0.2) is 0 Å². The minimum absolute atomic E-state index is 0.0308. The van der Waals surface area contributed by atoms with Crippen molar-refractivity contribution in [3.63, 3.8) is 0 Å². The van der Waals surface area contributed by atoms with Gasteiger partial charge in [0.05, 0.1) is 11.4 Å². The van der Waals surface area contributed by atoms with Crippen LogP contribution in [0, 0.1) is 0 Å². The molecule has 18 heavy (non-hydrogen) atoms. The molecule has 4 heteroatoms. The second-order valence-electron chi connectivity index (χ2n) is 4.53. The van der Waals surface area contributed by atoms with Crippen LogP contribution in [0.3, 0.4) is 0 Å². The zero-order valence-corrected chi connectivity index (χ0v) is 11.2. The molecule has 0 aliphatic carbocycles. The summed E-state index contributed by atoms with van der Waals surface area (Å²) in [6.45, 7) is 1.99. The number of carbonyl (C=O) groups is 1. The zero-order valence-electron chi connectivity index (χ0n) is 10.4. The van der Waals surface area contributed by atoms with Crippen LogP contribution in [0.4, 0.5) is 5.69 Å². The van der Waals surface area contributed by atoms with E-state index in [0.29, 0.717) is 6.42 Å². The van der Waals surface area contributed by atoms with Crippen molar-refractivity contribution in [2.75, 3.05) is 18.4 Å². The second-order valence-corrected chi connectivity index (χ2v) is 5.00. The van der Waals surface area contributed by atoms with Gasteiger partial charge in [0.25, 0.3) is 0 Å². The summed E-state index contributed by atoms with van der Waals surface area (Å²) in [7, 11) is 0. The molecule has 1 fully saturated rings. The fourth-order valence-corrected chi connectivity index (χ4v) is 2.43. The number of nitrogens with zero attached hydrogens (tertiary/aromatic N) is 1. The van der Waals surface area contributed by atoms with Gasteiger partial charge in [-0.2, -0.15) is 0 Å². The SMILES string of the molecule is O=C(CC(=S)N1CCCCC1)Nc1ccccc1. The molecule has 1 aliphatic rings. The molecule has 0 atom stereocenters. The third kappa shape index (κ3) is 3.81. The number of hydrogen-bond acceptors (Lipinski definition) is 2. The highest BCUT2D eigenvalue weighted by Gasteiger charge is 2.15. The smallest absolute Gasteiger partial charge is 0.231 e. The van der Waals surface area contributed by atoms with E-state index >= 15 is 0 Å². The number of likely N-dealkylation sites (tertiary alicyclic amines) is 1. The molecular formula is C14H18N2OS. The zero-order chi connectivity index (χ0) is 12.8. The number of anilines is 1. The number of hydrogen-bond donors (Lipinski definition) is 1. The van der Waals surface area contributed by atoms with Crippen molar-refractivity contribution in [2.24, 2.45) is 0 Å². The van der Waals surface area contributed by atoms with Crippen LogP contribution in [0.5, 0.6) is 0 Å². The van der Waals surface area contributed by atoms with Crippen molar-refractivity contribution in [1.29, 1.82) is 0 Å². The normalized spacial score (nSPS) is 15.2. The molecule has 1 saturated heterocycles. The summed E-state index contributed by atoms with van der Waals surface area (Å²) in [4.78, 5) is 14.8. The number of nitrogens with one attached hydrogen (secondary N) is 1. The lowest BCUT2D eigenvalue weighted by atomic mass is 10.1. The summed E-state index contributed by atoms with van der Waals surface area (Å²) in [5, 5.41) is 2.86. The van der Waals surface area contributed by atoms with Crippen molar-refractivity contribution in [1.82, 2.24) is 4.90 Å². The van der Waals surface area contributed by atoms with Gasteiger partial charge in [-0.05, 0) is 31.4 Å². The molecule has 1 N–H and O–H groups in total. The van der Waals surface area contributed by atoms with E-state index in [9.17, 15) is 4.79 Å². The minimum Gasteiger partial charge on any atom is -0.366 e. The minimum atomic E-state index is -0.0308. The average Bonchev–Trinajstić information content (AvgIpc) is 2.40. The Balaban J connectivity index is 1.82. The molecule has 0 saturated carbocycles. The van der Waals surface area contributed by atoms with Crippen LogP contribution >= 0.6 is 12.2 Å². The summed E-state index contributed by atoms with van der Waals surface area (Å²) in [6, 6.07) is 9.48. The van der Waals surface area contributed by atoms with Crippen LogP contribution < -0.4 is 5.32 Å². The maximum atomic E-state index is 11.8. The third-order valence-electron chi connectivity index (χ3n) is 3.08. The van der Waals surface area contributed by atoms with E-state index in [1.165, 1.54) is 19.3 Å². The van der Waals surface area contributed by atoms with E-state index in [-0.39, 0.29) is 5.91 Å². The highest BCUT2D eigenvalue weighted by atomic mass is 32.1. The van der Waals surface area contributed by atoms with Crippen molar-refractivity contribution >= 4 is 28.8 Å². The second kappa shape index (κ2) is 6.50. The maximum Gasteiger partial charge on any atom is 0.231 e. The van der Waals surface area contributed by atoms with Gasteiger partial charge in [-0.3, -0.25) is 4.79 Å². The molecule has 0 unspecified atom stereocenters. The first-order chi connectivity index (χ1) is 8.75. The Morgan fingerprint density at radius 2 is 1.83 bits per heavy atom. The largest absolute Gasteiger partial charge is 0.366 e. The van der Waals surface area contributed by atoms with E-state index in [4.69, 9.17) is 12.2 Å². The van der Waals surface area contributed by atoms with E-state index < -0.39 is 0 Å². The molecule has 0 aromatic heterocycles. The predicted molar refractivity (Wildman–Crippen MR) is 77.7 cm³/mol. The molecule has 1 aromatic carbocycles. The molecular weight excluding hydrogens is 244 g/mol. The Kier molecular flexibility index (Phi) is 4.70. The summed E-state index contributed by atoms with van der Waals surface area (Å²) in [5.74, 6) is -0.0308. The molecule has 0 spiro atoms. The highest BCUT2D eigenvalue weighted by molar-refractivity contribution is 7.80. The molecule has 96 valence electrons. The van der Waals surface area contributed by atoms with Gasteiger partial charge in [-0.15, -0.1) is 0 Å². The van der Waals surface area contributed by atoms with Gasteiger partial charge < -0.3 is 10.2 Å². The Bertz CT molecular complexity index is 413. The molecule has 0 radical (unpaired) electrons. The van der Waals surface area contributed by atoms with Crippen molar-refractivity contribution in [3.05, 3.63) is 30.3 Å². The summed E-state index contributed by atoms with van der Waals surface area (Å²) in [5.41, 5.74) is 0.823. The summed E-state index contributed by atoms with van der Waals surface area (Å²) in [6.07, 6.45) is 3.94. The lowest BCUT2D eigenvalue weighted by Gasteiger charge is -2.28. The van der Waals surface area contributed by atoms with Gasteiger partial charge >= 0.3 is 0 Å². The number of rotatable bonds is 3. The molecule has 1 aliphatic heterocycles. The van der Waals surface area contributed by atoms with E-state index in [0.717, 1.165) is 23.8 Å². The summed E-state index contributed by atoms with van der Waals surface area (Å²) < 4.78 is 0. The summed E-state index contributed by atoms with van der Waals surface area (Å²) >= 11 is 5.33. The fourth-order valence-electron chi connectivity index (χ4n) is 2.12. The van der Waals surface area contributed by atoms with Gasteiger partial charge in [-0.1, -0.05) is 30.4 Å². The lowest BCUT2D eigenvalue weighted by molar-refractivity contribution is -0.115. The Morgan fingerprint density at radius 3 is 2.50 bits per heavy atom. The van der Waals surface area contributed by atoms with Crippen LogP contribution in [0.15, 0.2) is 30.3 Å². The monoisotopic (exact) mass is 262 g/mol. The number of thiocarbonyl (C=S) groups is 1. The van der Waals surface area contributed by atoms with E-state index in [1.807, 2.05) is 30.3 Å². The number of para-hydroxylation sites is 1. The average molecular weight is 262 g/mol. The topological polar surface area (TPSA) is 32.3 Å². The Morgan fingerprint density at radius 1 is 1.17 bits per heavy atom. The van der Waals surface area contributed by atoms with Gasteiger partial charge in [0.15, 0.2) is 0 Å².